The number of thioether (sulfide) groups is 1. The molecule has 6 heteroatoms. The Morgan fingerprint density at radius 2 is 1.92 bits per heavy atom. The SMILES string of the molecule is O=C(c1cccs1)N1CCC2(CC1)SCCN2C(=O)CCC1CCCC1. The third-order valence-electron chi connectivity index (χ3n) is 6.28. The van der Waals surface area contributed by atoms with Crippen LogP contribution in [-0.4, -0.2) is 51.9 Å². The summed E-state index contributed by atoms with van der Waals surface area (Å²) in [5, 5.41) is 1.95. The molecular weight excluding hydrogens is 364 g/mol. The summed E-state index contributed by atoms with van der Waals surface area (Å²) in [6.45, 7) is 2.40. The molecule has 1 aromatic heterocycles. The first-order chi connectivity index (χ1) is 12.7. The molecule has 2 saturated heterocycles. The molecule has 1 spiro atoms. The standard InChI is InChI=1S/C20H28N2O2S2/c23-18(8-7-16-4-1-2-5-16)22-13-15-26-20(22)9-11-21(12-10-20)19(24)17-6-3-14-25-17/h3,6,14,16H,1-2,4-5,7-13,15H2. The lowest BCUT2D eigenvalue weighted by atomic mass is 9.98. The van der Waals surface area contributed by atoms with Gasteiger partial charge in [0.25, 0.3) is 5.91 Å². The van der Waals surface area contributed by atoms with Gasteiger partial charge in [0.1, 0.15) is 0 Å². The van der Waals surface area contributed by atoms with Crippen molar-refractivity contribution in [2.45, 2.75) is 56.2 Å². The van der Waals surface area contributed by atoms with E-state index in [4.69, 9.17) is 0 Å². The highest BCUT2D eigenvalue weighted by Gasteiger charge is 2.46. The van der Waals surface area contributed by atoms with Gasteiger partial charge in [0.15, 0.2) is 0 Å². The highest BCUT2D eigenvalue weighted by molar-refractivity contribution is 8.00. The minimum Gasteiger partial charge on any atom is -0.338 e. The summed E-state index contributed by atoms with van der Waals surface area (Å²) in [6, 6.07) is 3.83. The molecule has 142 valence electrons. The van der Waals surface area contributed by atoms with E-state index in [9.17, 15) is 9.59 Å². The van der Waals surface area contributed by atoms with Gasteiger partial charge in [-0.15, -0.1) is 23.1 Å². The molecule has 0 aromatic carbocycles. The topological polar surface area (TPSA) is 40.6 Å². The molecule has 1 aromatic rings. The maximum Gasteiger partial charge on any atom is 0.263 e. The number of rotatable bonds is 4. The number of thiophene rings is 1. The Labute approximate surface area is 164 Å². The molecule has 4 nitrogen and oxygen atoms in total. The van der Waals surface area contributed by atoms with E-state index in [-0.39, 0.29) is 10.8 Å². The third-order valence-corrected chi connectivity index (χ3v) is 8.69. The fourth-order valence-corrected chi connectivity index (χ4v) is 6.92. The van der Waals surface area contributed by atoms with Crippen molar-refractivity contribution in [2.75, 3.05) is 25.4 Å². The van der Waals surface area contributed by atoms with Gasteiger partial charge in [0, 0.05) is 31.8 Å². The maximum absolute atomic E-state index is 12.9. The van der Waals surface area contributed by atoms with Crippen molar-refractivity contribution in [3.8, 4) is 0 Å². The van der Waals surface area contributed by atoms with Crippen LogP contribution in [0.1, 0.15) is 61.0 Å². The van der Waals surface area contributed by atoms with Crippen LogP contribution in [0.3, 0.4) is 0 Å². The molecule has 4 rings (SSSR count). The fraction of sp³-hybridized carbons (Fsp3) is 0.700. The van der Waals surface area contributed by atoms with Crippen LogP contribution < -0.4 is 0 Å². The van der Waals surface area contributed by atoms with Crippen molar-refractivity contribution in [1.29, 1.82) is 0 Å². The average Bonchev–Trinajstić information content (AvgIpc) is 3.42. The zero-order valence-electron chi connectivity index (χ0n) is 15.3. The minimum absolute atomic E-state index is 0.0566. The van der Waals surface area contributed by atoms with Crippen molar-refractivity contribution in [3.05, 3.63) is 22.4 Å². The first kappa shape index (κ1) is 18.4. The molecule has 0 N–H and O–H groups in total. The van der Waals surface area contributed by atoms with Gasteiger partial charge < -0.3 is 9.80 Å². The van der Waals surface area contributed by atoms with Gasteiger partial charge in [-0.2, -0.15) is 0 Å². The smallest absolute Gasteiger partial charge is 0.263 e. The largest absolute Gasteiger partial charge is 0.338 e. The Balaban J connectivity index is 1.34. The Kier molecular flexibility index (Phi) is 5.60. The Bertz CT molecular complexity index is 632. The number of carbonyl (C=O) groups is 2. The highest BCUT2D eigenvalue weighted by atomic mass is 32.2. The molecular formula is C20H28N2O2S2. The van der Waals surface area contributed by atoms with Crippen LogP contribution in [0.2, 0.25) is 0 Å². The number of amides is 2. The van der Waals surface area contributed by atoms with Crippen LogP contribution in [0, 0.1) is 5.92 Å². The quantitative estimate of drug-likeness (QED) is 0.770. The number of likely N-dealkylation sites (tertiary alicyclic amines) is 1. The van der Waals surface area contributed by atoms with Gasteiger partial charge >= 0.3 is 0 Å². The average molecular weight is 393 g/mol. The summed E-state index contributed by atoms with van der Waals surface area (Å²) in [5.41, 5.74) is 0. The lowest BCUT2D eigenvalue weighted by Crippen LogP contribution is -2.53. The summed E-state index contributed by atoms with van der Waals surface area (Å²) in [4.78, 5) is 30.4. The zero-order valence-corrected chi connectivity index (χ0v) is 17.0. The summed E-state index contributed by atoms with van der Waals surface area (Å²) in [7, 11) is 0. The van der Waals surface area contributed by atoms with Crippen LogP contribution in [0.15, 0.2) is 17.5 Å². The molecule has 1 aliphatic carbocycles. The number of hydrogen-bond acceptors (Lipinski definition) is 4. The minimum atomic E-state index is -0.0566. The van der Waals surface area contributed by atoms with Crippen LogP contribution in [0.5, 0.6) is 0 Å². The van der Waals surface area contributed by atoms with Crippen LogP contribution in [-0.2, 0) is 4.79 Å². The first-order valence-electron chi connectivity index (χ1n) is 9.95. The highest BCUT2D eigenvalue weighted by Crippen LogP contribution is 2.44. The Hall–Kier alpha value is -1.01. The molecule has 1 saturated carbocycles. The monoisotopic (exact) mass is 392 g/mol. The van der Waals surface area contributed by atoms with Crippen LogP contribution in [0.25, 0.3) is 0 Å². The van der Waals surface area contributed by atoms with Gasteiger partial charge in [-0.1, -0.05) is 31.7 Å². The molecule has 2 aliphatic heterocycles. The second-order valence-corrected chi connectivity index (χ2v) is 10.2. The normalized spacial score (nSPS) is 23.1. The van der Waals surface area contributed by atoms with Gasteiger partial charge in [-0.3, -0.25) is 9.59 Å². The molecule has 0 unspecified atom stereocenters. The fourth-order valence-electron chi connectivity index (χ4n) is 4.75. The molecule has 3 fully saturated rings. The zero-order chi connectivity index (χ0) is 18.0. The predicted molar refractivity (Wildman–Crippen MR) is 108 cm³/mol. The van der Waals surface area contributed by atoms with E-state index < -0.39 is 0 Å². The van der Waals surface area contributed by atoms with Crippen molar-refractivity contribution in [1.82, 2.24) is 9.80 Å². The van der Waals surface area contributed by atoms with Crippen molar-refractivity contribution in [2.24, 2.45) is 5.92 Å². The van der Waals surface area contributed by atoms with Crippen LogP contribution in [0.4, 0.5) is 0 Å². The van der Waals surface area contributed by atoms with Gasteiger partial charge in [0.2, 0.25) is 5.91 Å². The molecule has 26 heavy (non-hydrogen) atoms. The van der Waals surface area contributed by atoms with Crippen molar-refractivity contribution >= 4 is 34.9 Å². The summed E-state index contributed by atoms with van der Waals surface area (Å²) in [5.74, 6) is 2.31. The van der Waals surface area contributed by atoms with E-state index in [2.05, 4.69) is 4.90 Å². The Morgan fingerprint density at radius 1 is 1.15 bits per heavy atom. The van der Waals surface area contributed by atoms with Gasteiger partial charge in [-0.05, 0) is 36.6 Å². The second-order valence-electron chi connectivity index (χ2n) is 7.80. The molecule has 0 atom stereocenters. The lowest BCUT2D eigenvalue weighted by Gasteiger charge is -2.44. The number of hydrogen-bond donors (Lipinski definition) is 0. The first-order valence-corrected chi connectivity index (χ1v) is 11.8. The maximum atomic E-state index is 12.9. The summed E-state index contributed by atoms with van der Waals surface area (Å²) >= 11 is 3.45. The van der Waals surface area contributed by atoms with E-state index in [0.29, 0.717) is 12.3 Å². The summed E-state index contributed by atoms with van der Waals surface area (Å²) < 4.78 is 0. The molecule has 3 aliphatic rings. The van der Waals surface area contributed by atoms with E-state index in [1.54, 1.807) is 0 Å². The second kappa shape index (κ2) is 7.93. The number of carbonyl (C=O) groups excluding carboxylic acids is 2. The molecule has 0 bridgehead atoms. The lowest BCUT2D eigenvalue weighted by molar-refractivity contribution is -0.135. The van der Waals surface area contributed by atoms with E-state index in [0.717, 1.165) is 55.4 Å². The van der Waals surface area contributed by atoms with Crippen LogP contribution >= 0.6 is 23.1 Å². The molecule has 3 heterocycles. The van der Waals surface area contributed by atoms with E-state index >= 15 is 0 Å². The van der Waals surface area contributed by atoms with Gasteiger partial charge in [-0.25, -0.2) is 0 Å². The molecule has 2 amide bonds. The van der Waals surface area contributed by atoms with Crippen molar-refractivity contribution in [3.63, 3.8) is 0 Å². The summed E-state index contributed by atoms with van der Waals surface area (Å²) in [6.07, 6.45) is 8.91. The Morgan fingerprint density at radius 3 is 2.62 bits per heavy atom. The number of nitrogens with zero attached hydrogens (tertiary/aromatic N) is 2. The van der Waals surface area contributed by atoms with Gasteiger partial charge in [0.05, 0.1) is 9.75 Å². The van der Waals surface area contributed by atoms with E-state index in [1.165, 1.54) is 37.0 Å². The van der Waals surface area contributed by atoms with Crippen molar-refractivity contribution < 1.29 is 9.59 Å². The predicted octanol–water partition coefficient (Wildman–Crippen LogP) is 4.23. The third kappa shape index (κ3) is 3.68. The number of piperidine rings is 1. The molecule has 0 radical (unpaired) electrons. The van der Waals surface area contributed by atoms with E-state index in [1.807, 2.05) is 34.2 Å².